The van der Waals surface area contributed by atoms with Gasteiger partial charge in [-0.25, -0.2) is 8.42 Å². The predicted octanol–water partition coefficient (Wildman–Crippen LogP) is 5.65. The van der Waals surface area contributed by atoms with Gasteiger partial charge in [0.15, 0.2) is 8.32 Å². The Morgan fingerprint density at radius 1 is 1.14 bits per heavy atom. The first-order chi connectivity index (χ1) is 13.8. The molecule has 162 valence electrons. The second kappa shape index (κ2) is 8.65. The maximum Gasteiger partial charge on any atom is 0.243 e. The van der Waals surface area contributed by atoms with E-state index in [4.69, 9.17) is 4.43 Å². The Kier molecular flexibility index (Phi) is 6.78. The zero-order chi connectivity index (χ0) is 21.3. The molecule has 1 aromatic rings. The highest BCUT2D eigenvalue weighted by Gasteiger charge is 2.58. The van der Waals surface area contributed by atoms with Crippen LogP contribution in [0.2, 0.25) is 18.1 Å². The summed E-state index contributed by atoms with van der Waals surface area (Å²) in [5, 5.41) is 0. The molecule has 1 heterocycles. The predicted molar refractivity (Wildman–Crippen MR) is 122 cm³/mol. The molecule has 0 bridgehead atoms. The Morgan fingerprint density at radius 2 is 1.76 bits per heavy atom. The summed E-state index contributed by atoms with van der Waals surface area (Å²) in [4.78, 5) is 0.393. The van der Waals surface area contributed by atoms with Crippen LogP contribution >= 0.6 is 0 Å². The second-order valence-electron chi connectivity index (χ2n) is 8.67. The van der Waals surface area contributed by atoms with Crippen molar-refractivity contribution in [3.8, 4) is 0 Å². The van der Waals surface area contributed by atoms with Gasteiger partial charge in [0.1, 0.15) is 0 Å². The van der Waals surface area contributed by atoms with E-state index in [2.05, 4.69) is 26.8 Å². The Morgan fingerprint density at radius 3 is 2.31 bits per heavy atom. The smallest absolute Gasteiger partial charge is 0.243 e. The van der Waals surface area contributed by atoms with E-state index in [0.717, 1.165) is 49.4 Å². The molecule has 0 spiro atoms. The van der Waals surface area contributed by atoms with Crippen molar-refractivity contribution in [2.75, 3.05) is 6.54 Å². The van der Waals surface area contributed by atoms with Crippen LogP contribution in [-0.4, -0.2) is 39.2 Å². The van der Waals surface area contributed by atoms with E-state index >= 15 is 0 Å². The Hall–Kier alpha value is -0.953. The fourth-order valence-corrected chi connectivity index (χ4v) is 10.0. The lowest BCUT2D eigenvalue weighted by atomic mass is 9.78. The molecule has 0 radical (unpaired) electrons. The van der Waals surface area contributed by atoms with Crippen LogP contribution in [0.3, 0.4) is 0 Å². The zero-order valence-electron chi connectivity index (χ0n) is 18.7. The number of aryl methyl sites for hydroxylation is 1. The van der Waals surface area contributed by atoms with Crippen molar-refractivity contribution in [3.05, 3.63) is 41.5 Å². The van der Waals surface area contributed by atoms with Crippen molar-refractivity contribution >= 4 is 18.3 Å². The number of fused-ring (bicyclic) bond motifs is 1. The minimum Gasteiger partial charge on any atom is -0.406 e. The van der Waals surface area contributed by atoms with Crippen molar-refractivity contribution in [1.29, 1.82) is 0 Å². The maximum absolute atomic E-state index is 13.6. The van der Waals surface area contributed by atoms with Crippen molar-refractivity contribution in [3.63, 3.8) is 0 Å². The Labute approximate surface area is 178 Å². The highest BCUT2D eigenvalue weighted by atomic mass is 32.2. The summed E-state index contributed by atoms with van der Waals surface area (Å²) in [7, 11) is -5.45. The monoisotopic (exact) mass is 435 g/mol. The lowest BCUT2D eigenvalue weighted by Crippen LogP contribution is -2.56. The average molecular weight is 436 g/mol. The molecule has 1 aliphatic carbocycles. The largest absolute Gasteiger partial charge is 0.406 e. The van der Waals surface area contributed by atoms with Gasteiger partial charge < -0.3 is 4.43 Å². The van der Waals surface area contributed by atoms with E-state index in [9.17, 15) is 8.42 Å². The topological polar surface area (TPSA) is 46.6 Å². The van der Waals surface area contributed by atoms with E-state index < -0.39 is 23.9 Å². The maximum atomic E-state index is 13.6. The molecule has 2 aliphatic rings. The van der Waals surface area contributed by atoms with Crippen molar-refractivity contribution in [1.82, 2.24) is 4.31 Å². The minimum atomic E-state index is -3.55. The summed E-state index contributed by atoms with van der Waals surface area (Å²) in [6.07, 6.45) is 6.11. The summed E-state index contributed by atoms with van der Waals surface area (Å²) < 4.78 is 36.2. The molecule has 0 amide bonds. The van der Waals surface area contributed by atoms with Gasteiger partial charge in [0.05, 0.1) is 16.5 Å². The van der Waals surface area contributed by atoms with E-state index in [1.165, 1.54) is 5.57 Å². The summed E-state index contributed by atoms with van der Waals surface area (Å²) in [5.74, 6) is 0. The average Bonchev–Trinajstić information content (AvgIpc) is 3.07. The van der Waals surface area contributed by atoms with Gasteiger partial charge in [-0.15, -0.1) is 0 Å². The van der Waals surface area contributed by atoms with Gasteiger partial charge in [-0.1, -0.05) is 57.4 Å². The summed E-state index contributed by atoms with van der Waals surface area (Å²) >= 11 is 0. The van der Waals surface area contributed by atoms with Crippen LogP contribution in [0.15, 0.2) is 40.8 Å². The van der Waals surface area contributed by atoms with Crippen LogP contribution in [0.1, 0.15) is 58.9 Å². The van der Waals surface area contributed by atoms with Gasteiger partial charge >= 0.3 is 0 Å². The van der Waals surface area contributed by atoms with Crippen molar-refractivity contribution in [2.45, 2.75) is 95.0 Å². The summed E-state index contributed by atoms with van der Waals surface area (Å²) in [5.41, 5.74) is 1.81. The van der Waals surface area contributed by atoms with Gasteiger partial charge in [-0.3, -0.25) is 0 Å². The Balaban J connectivity index is 2.06. The van der Waals surface area contributed by atoms with Crippen LogP contribution in [0, 0.1) is 6.92 Å². The van der Waals surface area contributed by atoms with Gasteiger partial charge in [-0.05, 0) is 62.5 Å². The molecule has 4 nitrogen and oxygen atoms in total. The van der Waals surface area contributed by atoms with Crippen LogP contribution in [0.4, 0.5) is 0 Å². The van der Waals surface area contributed by atoms with Gasteiger partial charge in [0.2, 0.25) is 10.0 Å². The molecular weight excluding hydrogens is 398 g/mol. The molecule has 3 rings (SSSR count). The molecule has 0 N–H and O–H groups in total. The SMILES string of the molecule is C/C=C1\CN(S(=O)(=O)c2ccc(C)cc2)[C@@H]2CCCC[C@]12O[Si](CC)(CC)CC. The van der Waals surface area contributed by atoms with Gasteiger partial charge in [-0.2, -0.15) is 4.31 Å². The normalized spacial score (nSPS) is 27.3. The minimum absolute atomic E-state index is 0.0923. The highest BCUT2D eigenvalue weighted by Crippen LogP contribution is 2.50. The third-order valence-corrected chi connectivity index (χ3v) is 13.9. The number of allylic oxidation sites excluding steroid dienone is 1. The van der Waals surface area contributed by atoms with Crippen molar-refractivity contribution < 1.29 is 12.8 Å². The number of rotatable bonds is 7. The highest BCUT2D eigenvalue weighted by molar-refractivity contribution is 7.89. The standard InChI is InChI=1S/C23H37NO3SSi/c1-6-20-18-24(28(25,26)21-15-13-19(5)14-16-21)22-12-10-11-17-23(20,22)27-29(7-2,8-3)9-4/h6,13-16,22H,7-12,17-18H2,1-5H3/b20-6+/t22-,23+/m1/s1. The lowest BCUT2D eigenvalue weighted by Gasteiger charge is -2.47. The van der Waals surface area contributed by atoms with Crippen LogP contribution in [-0.2, 0) is 14.4 Å². The van der Waals surface area contributed by atoms with Gasteiger partial charge in [0, 0.05) is 6.54 Å². The number of sulfonamides is 1. The van der Waals surface area contributed by atoms with Crippen molar-refractivity contribution in [2.24, 2.45) is 0 Å². The molecule has 2 atom stereocenters. The van der Waals surface area contributed by atoms with Gasteiger partial charge in [0.25, 0.3) is 0 Å². The summed E-state index contributed by atoms with van der Waals surface area (Å²) in [6.45, 7) is 11.2. The molecule has 1 saturated heterocycles. The molecule has 2 fully saturated rings. The quantitative estimate of drug-likeness (QED) is 0.411. The summed E-state index contributed by atoms with van der Waals surface area (Å²) in [6, 6.07) is 10.4. The molecule has 1 aromatic carbocycles. The Bertz CT molecular complexity index is 837. The molecule has 0 unspecified atom stereocenters. The molecule has 1 aliphatic heterocycles. The van der Waals surface area contributed by atoms with E-state index in [1.54, 1.807) is 16.4 Å². The third kappa shape index (κ3) is 3.89. The molecule has 1 saturated carbocycles. The number of nitrogens with zero attached hydrogens (tertiary/aromatic N) is 1. The van der Waals surface area contributed by atoms with Crippen LogP contribution in [0.25, 0.3) is 0 Å². The number of hydrogen-bond donors (Lipinski definition) is 0. The molecule has 6 heteroatoms. The first kappa shape index (κ1) is 22.7. The number of benzene rings is 1. The van der Waals surface area contributed by atoms with E-state index in [-0.39, 0.29) is 6.04 Å². The van der Waals surface area contributed by atoms with Crippen LogP contribution in [0.5, 0.6) is 0 Å². The lowest BCUT2D eigenvalue weighted by molar-refractivity contribution is 0.0260. The fourth-order valence-electron chi connectivity index (χ4n) is 5.26. The molecule has 0 aromatic heterocycles. The van der Waals surface area contributed by atoms with Crippen LogP contribution < -0.4 is 0 Å². The number of hydrogen-bond acceptors (Lipinski definition) is 3. The first-order valence-corrected chi connectivity index (χ1v) is 15.2. The third-order valence-electron chi connectivity index (χ3n) is 7.34. The fraction of sp³-hybridized carbons (Fsp3) is 0.652. The second-order valence-corrected chi connectivity index (χ2v) is 15.3. The van der Waals surface area contributed by atoms with E-state index in [1.807, 2.05) is 26.0 Å². The zero-order valence-corrected chi connectivity index (χ0v) is 20.5. The van der Waals surface area contributed by atoms with E-state index in [0.29, 0.717) is 11.4 Å². The first-order valence-electron chi connectivity index (χ1n) is 11.2. The molecule has 29 heavy (non-hydrogen) atoms. The molecular formula is C23H37NO3SSi.